The molecule has 0 radical (unpaired) electrons. The highest BCUT2D eigenvalue weighted by molar-refractivity contribution is 7.99. The first-order valence-corrected chi connectivity index (χ1v) is 20.9. The molecule has 0 unspecified atom stereocenters. The number of aromatic nitrogens is 6. The van der Waals surface area contributed by atoms with Gasteiger partial charge in [0.1, 0.15) is 28.6 Å². The summed E-state index contributed by atoms with van der Waals surface area (Å²) in [5.41, 5.74) is 6.84. The first kappa shape index (κ1) is 41.1. The van der Waals surface area contributed by atoms with Crippen molar-refractivity contribution in [3.63, 3.8) is 0 Å². The monoisotopic (exact) mass is 886 g/mol. The van der Waals surface area contributed by atoms with Gasteiger partial charge in [-0.3, -0.25) is 0 Å². The smallest absolute Gasteiger partial charge is 0.176 e. The molecule has 0 saturated heterocycles. The van der Waals surface area contributed by atoms with Crippen LogP contribution >= 0.6 is 11.8 Å². The van der Waals surface area contributed by atoms with E-state index in [4.69, 9.17) is 24.2 Å². The summed E-state index contributed by atoms with van der Waals surface area (Å²) in [7, 11) is 4.76. The molecule has 8 aromatic rings. The standard InChI is InChI=1S/C51H34F4N6O3S/c1-62-30-10-4-27(5-11-30)42-33-16-18-35(58-33)43(28-6-12-31(63-2)13-7-28)37-20-22-39(60-37)45(46-47(52)49(54)51(50(55)48(46)53)65-41-24-25-56-26-57-41)40-23-21-38(61-40)44(36-19-17-34(42)59-36)29-8-14-32(64-3)15-9-29/h4-26,58,61H,1-3H3. The zero-order valence-corrected chi connectivity index (χ0v) is 35.5. The van der Waals surface area contributed by atoms with Gasteiger partial charge in [-0.15, -0.1) is 0 Å². The van der Waals surface area contributed by atoms with Crippen molar-refractivity contribution >= 4 is 58.1 Å². The largest absolute Gasteiger partial charge is 0.497 e. The van der Waals surface area contributed by atoms with E-state index in [1.54, 1.807) is 45.6 Å². The van der Waals surface area contributed by atoms with E-state index < -0.39 is 33.7 Å². The Balaban J connectivity index is 1.35. The van der Waals surface area contributed by atoms with Gasteiger partial charge in [-0.25, -0.2) is 37.5 Å². The van der Waals surface area contributed by atoms with E-state index in [1.807, 2.05) is 97.1 Å². The van der Waals surface area contributed by atoms with Crippen molar-refractivity contribution < 1.29 is 31.8 Å². The number of H-pyrrole nitrogens is 2. The number of fused-ring (bicyclic) bond motifs is 8. The normalized spacial score (nSPS) is 11.9. The number of hydrogen-bond donors (Lipinski definition) is 2. The van der Waals surface area contributed by atoms with E-state index in [0.717, 1.165) is 27.8 Å². The first-order valence-electron chi connectivity index (χ1n) is 20.1. The van der Waals surface area contributed by atoms with Crippen molar-refractivity contribution in [1.29, 1.82) is 0 Å². The van der Waals surface area contributed by atoms with Crippen LogP contribution in [0.5, 0.6) is 17.2 Å². The number of methoxy groups -OCH3 is 3. The van der Waals surface area contributed by atoms with Crippen LogP contribution in [0.2, 0.25) is 0 Å². The average Bonchev–Trinajstić information content (AvgIpc) is 4.20. The number of rotatable bonds is 9. The van der Waals surface area contributed by atoms with Gasteiger partial charge in [0.15, 0.2) is 23.3 Å². The number of benzene rings is 4. The number of nitrogens with one attached hydrogen (secondary N) is 2. The Morgan fingerprint density at radius 1 is 0.431 bits per heavy atom. The van der Waals surface area contributed by atoms with Crippen molar-refractivity contribution in [1.82, 2.24) is 29.9 Å². The molecular weight excluding hydrogens is 853 g/mol. The summed E-state index contributed by atoms with van der Waals surface area (Å²) in [5, 5.41) is 0.0896. The molecule has 9 nitrogen and oxygen atoms in total. The van der Waals surface area contributed by atoms with E-state index in [1.165, 1.54) is 18.6 Å². The second kappa shape index (κ2) is 17.0. The highest BCUT2D eigenvalue weighted by atomic mass is 32.2. The Morgan fingerprint density at radius 2 is 0.800 bits per heavy atom. The fourth-order valence-electron chi connectivity index (χ4n) is 8.02. The predicted octanol–water partition coefficient (Wildman–Crippen LogP) is 12.8. The lowest BCUT2D eigenvalue weighted by atomic mass is 10.0. The number of ether oxygens (including phenoxy) is 3. The highest BCUT2D eigenvalue weighted by Gasteiger charge is 2.30. The molecular formula is C51H34F4N6O3S. The van der Waals surface area contributed by atoms with Crippen LogP contribution in [-0.2, 0) is 0 Å². The van der Waals surface area contributed by atoms with Crippen molar-refractivity contribution in [2.24, 2.45) is 0 Å². The number of nitrogens with zero attached hydrogens (tertiary/aromatic N) is 4. The first-order chi connectivity index (χ1) is 31.7. The van der Waals surface area contributed by atoms with Gasteiger partial charge in [0.05, 0.1) is 54.6 Å². The van der Waals surface area contributed by atoms with Crippen LogP contribution < -0.4 is 14.2 Å². The van der Waals surface area contributed by atoms with E-state index in [0.29, 0.717) is 68.3 Å². The molecule has 6 heterocycles. The minimum atomic E-state index is -1.61. The van der Waals surface area contributed by atoms with Crippen LogP contribution in [-0.4, -0.2) is 51.2 Å². The van der Waals surface area contributed by atoms with E-state index in [2.05, 4.69) is 19.9 Å². The fraction of sp³-hybridized carbons (Fsp3) is 0.0588. The molecule has 10 rings (SSSR count). The van der Waals surface area contributed by atoms with E-state index in [9.17, 15) is 0 Å². The number of hydrogen-bond acceptors (Lipinski definition) is 8. The maximum Gasteiger partial charge on any atom is 0.176 e. The van der Waals surface area contributed by atoms with Crippen molar-refractivity contribution in [2.75, 3.05) is 21.3 Å². The second-order valence-corrected chi connectivity index (χ2v) is 15.8. The maximum absolute atomic E-state index is 16.8. The van der Waals surface area contributed by atoms with Gasteiger partial charge in [-0.2, -0.15) is 0 Å². The minimum absolute atomic E-state index is 0.0382. The molecule has 0 saturated carbocycles. The van der Waals surface area contributed by atoms with Gasteiger partial charge in [0.25, 0.3) is 0 Å². The fourth-order valence-corrected chi connectivity index (χ4v) is 8.81. The minimum Gasteiger partial charge on any atom is -0.497 e. The molecule has 4 aromatic carbocycles. The molecule has 0 amide bonds. The molecule has 4 aromatic heterocycles. The quantitative estimate of drug-likeness (QED) is 0.0837. The van der Waals surface area contributed by atoms with E-state index in [-0.39, 0.29) is 21.8 Å². The van der Waals surface area contributed by atoms with Crippen LogP contribution in [0.1, 0.15) is 22.8 Å². The molecule has 14 heteroatoms. The van der Waals surface area contributed by atoms with Gasteiger partial charge in [0.2, 0.25) is 0 Å². The topological polar surface area (TPSA) is 111 Å². The lowest BCUT2D eigenvalue weighted by molar-refractivity contribution is 0.415. The molecule has 2 N–H and O–H groups in total. The highest BCUT2D eigenvalue weighted by Crippen LogP contribution is 2.43. The third-order valence-corrected chi connectivity index (χ3v) is 12.1. The zero-order valence-electron chi connectivity index (χ0n) is 34.7. The van der Waals surface area contributed by atoms with Crippen LogP contribution in [0, 0.1) is 23.3 Å². The number of halogens is 4. The van der Waals surface area contributed by atoms with Crippen LogP contribution in [0.15, 0.2) is 126 Å². The summed E-state index contributed by atoms with van der Waals surface area (Å²) in [5.74, 6) is -4.46. The third kappa shape index (κ3) is 7.46. The molecule has 2 aliphatic rings. The summed E-state index contributed by atoms with van der Waals surface area (Å²) >= 11 is 0.444. The van der Waals surface area contributed by atoms with Gasteiger partial charge in [0, 0.05) is 50.5 Å². The summed E-state index contributed by atoms with van der Waals surface area (Å²) in [6, 6.07) is 31.0. The van der Waals surface area contributed by atoms with Gasteiger partial charge < -0.3 is 24.2 Å². The zero-order chi connectivity index (χ0) is 44.8. The van der Waals surface area contributed by atoms with Crippen LogP contribution in [0.3, 0.4) is 0 Å². The summed E-state index contributed by atoms with van der Waals surface area (Å²) < 4.78 is 82.6. The molecule has 320 valence electrons. The van der Waals surface area contributed by atoms with E-state index >= 15 is 17.6 Å². The molecule has 0 spiro atoms. The Hall–Kier alpha value is -7.97. The predicted molar refractivity (Wildman–Crippen MR) is 246 cm³/mol. The maximum atomic E-state index is 16.8. The van der Waals surface area contributed by atoms with Crippen LogP contribution in [0.25, 0.3) is 90.9 Å². The molecule has 8 bridgehead atoms. The Morgan fingerprint density at radius 3 is 1.15 bits per heavy atom. The summed E-state index contributed by atoms with van der Waals surface area (Å²) in [6.07, 6.45) is 9.61. The average molecular weight is 887 g/mol. The summed E-state index contributed by atoms with van der Waals surface area (Å²) in [4.78, 5) is 24.1. The van der Waals surface area contributed by atoms with Crippen molar-refractivity contribution in [3.05, 3.63) is 162 Å². The SMILES string of the molecule is COc1ccc(-c2c3nc(c(-c4ccc(OC)cc4)c4ccc([nH]4)c(-c4c(F)c(F)c(Sc5ccncn5)c(F)c4F)c4nc(c(-c5ccc(OC)cc5)c5ccc2[nH]5)C=C4)C=C3)cc1. The molecule has 65 heavy (non-hydrogen) atoms. The Kier molecular flexibility index (Phi) is 10.7. The van der Waals surface area contributed by atoms with Gasteiger partial charge in [-0.1, -0.05) is 48.2 Å². The molecule has 2 aliphatic heterocycles. The Labute approximate surface area is 373 Å². The molecule has 0 atom stereocenters. The van der Waals surface area contributed by atoms with Gasteiger partial charge in [-0.05, 0) is 108 Å². The number of aromatic amines is 2. The molecule has 0 aliphatic carbocycles. The summed E-state index contributed by atoms with van der Waals surface area (Å²) in [6.45, 7) is 0. The lowest BCUT2D eigenvalue weighted by Crippen LogP contribution is -2.04. The third-order valence-electron chi connectivity index (χ3n) is 11.1. The lowest BCUT2D eigenvalue weighted by Gasteiger charge is -2.13. The molecule has 0 fully saturated rings. The Bertz CT molecular complexity index is 3320. The van der Waals surface area contributed by atoms with Gasteiger partial charge >= 0.3 is 0 Å². The van der Waals surface area contributed by atoms with Crippen molar-refractivity contribution in [3.8, 4) is 61.8 Å². The van der Waals surface area contributed by atoms with Crippen molar-refractivity contribution in [2.45, 2.75) is 9.92 Å². The van der Waals surface area contributed by atoms with Crippen LogP contribution in [0.4, 0.5) is 17.6 Å². The second-order valence-electron chi connectivity index (χ2n) is 14.8.